The molecule has 0 unspecified atom stereocenters. The Labute approximate surface area is 113 Å². The lowest BCUT2D eigenvalue weighted by Gasteiger charge is -2.11. The molecule has 0 radical (unpaired) electrons. The van der Waals surface area contributed by atoms with Crippen LogP contribution in [0.1, 0.15) is 11.3 Å². The number of aromatic nitrogens is 2. The molecule has 19 heavy (non-hydrogen) atoms. The number of nitrogens with zero attached hydrogens (tertiary/aromatic N) is 2. The van der Waals surface area contributed by atoms with E-state index in [0.29, 0.717) is 6.61 Å². The molecule has 102 valence electrons. The van der Waals surface area contributed by atoms with Gasteiger partial charge in [0.15, 0.2) is 11.5 Å². The van der Waals surface area contributed by atoms with Crippen LogP contribution in [0.15, 0.2) is 30.5 Å². The number of benzene rings is 1. The Hall–Kier alpha value is -2.01. The summed E-state index contributed by atoms with van der Waals surface area (Å²) in [5.74, 6) is 1.47. The molecular weight excluding hydrogens is 242 g/mol. The summed E-state index contributed by atoms with van der Waals surface area (Å²) in [6.45, 7) is 1.23. The molecule has 0 spiro atoms. The monoisotopic (exact) mass is 261 g/mol. The molecule has 0 bridgehead atoms. The average Bonchev–Trinajstić information content (AvgIpc) is 2.83. The molecule has 2 aromatic rings. The normalized spacial score (nSPS) is 10.5. The van der Waals surface area contributed by atoms with Crippen LogP contribution in [0.3, 0.4) is 0 Å². The van der Waals surface area contributed by atoms with Crippen LogP contribution >= 0.6 is 0 Å². The van der Waals surface area contributed by atoms with Crippen molar-refractivity contribution in [2.24, 2.45) is 7.05 Å². The average molecular weight is 261 g/mol. The van der Waals surface area contributed by atoms with E-state index in [1.807, 2.05) is 44.6 Å². The minimum atomic E-state index is 0.431. The highest BCUT2D eigenvalue weighted by Gasteiger charge is 2.07. The zero-order valence-corrected chi connectivity index (χ0v) is 11.5. The molecule has 0 aliphatic heterocycles. The van der Waals surface area contributed by atoms with Crippen molar-refractivity contribution in [1.29, 1.82) is 0 Å². The molecular formula is C14H19N3O2. The second kappa shape index (κ2) is 6.24. The van der Waals surface area contributed by atoms with Gasteiger partial charge >= 0.3 is 0 Å². The van der Waals surface area contributed by atoms with Crippen LogP contribution in [-0.4, -0.2) is 23.9 Å². The standard InChI is InChI=1S/C14H19N3O2/c1-15-9-11-4-5-13(18-3)14(8-11)19-10-12-6-7-17(2)16-12/h4-8,15H,9-10H2,1-3H3. The summed E-state index contributed by atoms with van der Waals surface area (Å²) in [4.78, 5) is 0. The summed E-state index contributed by atoms with van der Waals surface area (Å²) >= 11 is 0. The Balaban J connectivity index is 2.10. The van der Waals surface area contributed by atoms with E-state index in [1.54, 1.807) is 11.8 Å². The maximum absolute atomic E-state index is 5.79. The molecule has 1 aromatic carbocycles. The van der Waals surface area contributed by atoms with E-state index >= 15 is 0 Å². The molecule has 1 heterocycles. The maximum atomic E-state index is 5.79. The first kappa shape index (κ1) is 13.4. The second-order valence-electron chi connectivity index (χ2n) is 4.28. The van der Waals surface area contributed by atoms with Crippen LogP contribution in [0.25, 0.3) is 0 Å². The summed E-state index contributed by atoms with van der Waals surface area (Å²) in [5.41, 5.74) is 2.04. The van der Waals surface area contributed by atoms with Gasteiger partial charge in [0.2, 0.25) is 0 Å². The molecule has 2 rings (SSSR count). The van der Waals surface area contributed by atoms with Crippen molar-refractivity contribution < 1.29 is 9.47 Å². The Morgan fingerprint density at radius 2 is 2.11 bits per heavy atom. The lowest BCUT2D eigenvalue weighted by molar-refractivity contribution is 0.279. The fourth-order valence-electron chi connectivity index (χ4n) is 1.84. The molecule has 0 fully saturated rings. The third-order valence-corrected chi connectivity index (χ3v) is 2.75. The largest absolute Gasteiger partial charge is 0.493 e. The fourth-order valence-corrected chi connectivity index (χ4v) is 1.84. The Bertz CT molecular complexity index is 537. The van der Waals surface area contributed by atoms with E-state index in [-0.39, 0.29) is 0 Å². The van der Waals surface area contributed by atoms with Crippen LogP contribution in [0, 0.1) is 0 Å². The number of methoxy groups -OCH3 is 1. The number of nitrogens with one attached hydrogen (secondary N) is 1. The highest BCUT2D eigenvalue weighted by molar-refractivity contribution is 5.43. The van der Waals surface area contributed by atoms with Crippen molar-refractivity contribution in [3.63, 3.8) is 0 Å². The lowest BCUT2D eigenvalue weighted by Crippen LogP contribution is -2.06. The third-order valence-electron chi connectivity index (χ3n) is 2.75. The van der Waals surface area contributed by atoms with Gasteiger partial charge in [-0.3, -0.25) is 4.68 Å². The topological polar surface area (TPSA) is 48.3 Å². The smallest absolute Gasteiger partial charge is 0.162 e. The summed E-state index contributed by atoms with van der Waals surface area (Å²) in [6, 6.07) is 7.85. The van der Waals surface area contributed by atoms with Crippen LogP contribution in [0.4, 0.5) is 0 Å². The van der Waals surface area contributed by atoms with Crippen molar-refractivity contribution in [1.82, 2.24) is 15.1 Å². The van der Waals surface area contributed by atoms with Gasteiger partial charge in [-0.15, -0.1) is 0 Å². The highest BCUT2D eigenvalue weighted by atomic mass is 16.5. The Morgan fingerprint density at radius 3 is 2.74 bits per heavy atom. The predicted molar refractivity (Wildman–Crippen MR) is 73.3 cm³/mol. The van der Waals surface area contributed by atoms with Crippen LogP contribution < -0.4 is 14.8 Å². The van der Waals surface area contributed by atoms with E-state index in [0.717, 1.165) is 29.3 Å². The van der Waals surface area contributed by atoms with Crippen molar-refractivity contribution in [2.45, 2.75) is 13.2 Å². The molecule has 5 nitrogen and oxygen atoms in total. The molecule has 5 heteroatoms. The van der Waals surface area contributed by atoms with Crippen molar-refractivity contribution in [3.05, 3.63) is 41.7 Å². The van der Waals surface area contributed by atoms with Crippen LogP contribution in [0.2, 0.25) is 0 Å². The van der Waals surface area contributed by atoms with Gasteiger partial charge in [0.25, 0.3) is 0 Å². The minimum absolute atomic E-state index is 0.431. The molecule has 0 saturated heterocycles. The Kier molecular flexibility index (Phi) is 4.41. The number of ether oxygens (including phenoxy) is 2. The van der Waals surface area contributed by atoms with E-state index in [1.165, 1.54) is 0 Å². The van der Waals surface area contributed by atoms with Gasteiger partial charge in [-0.1, -0.05) is 6.07 Å². The number of hydrogen-bond acceptors (Lipinski definition) is 4. The van der Waals surface area contributed by atoms with Gasteiger partial charge in [0.1, 0.15) is 6.61 Å². The molecule has 0 atom stereocenters. The third kappa shape index (κ3) is 3.48. The first-order chi connectivity index (χ1) is 9.22. The van der Waals surface area contributed by atoms with E-state index in [9.17, 15) is 0 Å². The molecule has 0 saturated carbocycles. The SMILES string of the molecule is CNCc1ccc(OC)c(OCc2ccn(C)n2)c1. The van der Waals surface area contributed by atoms with Gasteiger partial charge in [0.05, 0.1) is 12.8 Å². The van der Waals surface area contributed by atoms with Gasteiger partial charge in [-0.25, -0.2) is 0 Å². The Morgan fingerprint density at radius 1 is 1.26 bits per heavy atom. The summed E-state index contributed by atoms with van der Waals surface area (Å²) in [6.07, 6.45) is 1.90. The van der Waals surface area contributed by atoms with Crippen molar-refractivity contribution in [2.75, 3.05) is 14.2 Å². The van der Waals surface area contributed by atoms with Gasteiger partial charge in [-0.05, 0) is 30.8 Å². The van der Waals surface area contributed by atoms with E-state index in [4.69, 9.17) is 9.47 Å². The second-order valence-corrected chi connectivity index (χ2v) is 4.28. The number of aryl methyl sites for hydroxylation is 1. The van der Waals surface area contributed by atoms with E-state index < -0.39 is 0 Å². The fraction of sp³-hybridized carbons (Fsp3) is 0.357. The quantitative estimate of drug-likeness (QED) is 0.860. The molecule has 1 N–H and O–H groups in total. The molecule has 0 aliphatic carbocycles. The van der Waals surface area contributed by atoms with Crippen molar-refractivity contribution in [3.8, 4) is 11.5 Å². The summed E-state index contributed by atoms with van der Waals surface area (Å²) < 4.78 is 12.8. The van der Waals surface area contributed by atoms with E-state index in [2.05, 4.69) is 10.4 Å². The predicted octanol–water partition coefficient (Wildman–Crippen LogP) is 1.73. The summed E-state index contributed by atoms with van der Waals surface area (Å²) in [5, 5.41) is 7.39. The maximum Gasteiger partial charge on any atom is 0.162 e. The zero-order chi connectivity index (χ0) is 13.7. The highest BCUT2D eigenvalue weighted by Crippen LogP contribution is 2.28. The molecule has 0 amide bonds. The van der Waals surface area contributed by atoms with Gasteiger partial charge in [-0.2, -0.15) is 5.10 Å². The number of rotatable bonds is 6. The molecule has 1 aromatic heterocycles. The minimum Gasteiger partial charge on any atom is -0.493 e. The zero-order valence-electron chi connectivity index (χ0n) is 11.5. The van der Waals surface area contributed by atoms with Gasteiger partial charge in [0, 0.05) is 19.8 Å². The number of hydrogen-bond donors (Lipinski definition) is 1. The summed E-state index contributed by atoms with van der Waals surface area (Å²) in [7, 11) is 5.44. The molecule has 0 aliphatic rings. The first-order valence-corrected chi connectivity index (χ1v) is 6.15. The van der Waals surface area contributed by atoms with Crippen molar-refractivity contribution >= 4 is 0 Å². The van der Waals surface area contributed by atoms with Gasteiger partial charge < -0.3 is 14.8 Å². The lowest BCUT2D eigenvalue weighted by atomic mass is 10.2. The first-order valence-electron chi connectivity index (χ1n) is 6.15. The van der Waals surface area contributed by atoms with Crippen LogP contribution in [0.5, 0.6) is 11.5 Å². The van der Waals surface area contributed by atoms with Crippen LogP contribution in [-0.2, 0) is 20.2 Å².